The van der Waals surface area contributed by atoms with E-state index in [0.29, 0.717) is 13.0 Å². The third-order valence-corrected chi connectivity index (χ3v) is 1.90. The third kappa shape index (κ3) is 2.83. The van der Waals surface area contributed by atoms with Crippen LogP contribution in [0.4, 0.5) is 0 Å². The van der Waals surface area contributed by atoms with Gasteiger partial charge in [-0.1, -0.05) is 6.08 Å². The number of carbonyl (C=O) groups is 1. The quantitative estimate of drug-likeness (QED) is 0.408. The van der Waals surface area contributed by atoms with Gasteiger partial charge in [0.05, 0.1) is 6.61 Å². The molecule has 4 heteroatoms. The summed E-state index contributed by atoms with van der Waals surface area (Å²) in [7, 11) is 0. The van der Waals surface area contributed by atoms with Crippen LogP contribution in [0.15, 0.2) is 12.7 Å². The second-order valence-corrected chi connectivity index (χ2v) is 2.83. The topological polar surface area (TPSA) is 38.3 Å². The monoisotopic (exact) mass is 191 g/mol. The molecule has 0 heterocycles. The average Bonchev–Trinajstić information content (AvgIpc) is 2.05. The highest BCUT2D eigenvalue weighted by atomic mass is 35.5. The van der Waals surface area contributed by atoms with Gasteiger partial charge in [-0.15, -0.1) is 6.58 Å². The molecule has 1 atom stereocenters. The third-order valence-electron chi connectivity index (χ3n) is 1.49. The van der Waals surface area contributed by atoms with Crippen LogP contribution in [0.2, 0.25) is 0 Å². The van der Waals surface area contributed by atoms with E-state index in [1.54, 1.807) is 19.9 Å². The summed E-state index contributed by atoms with van der Waals surface area (Å²) in [6.45, 7) is 7.30. The summed E-state index contributed by atoms with van der Waals surface area (Å²) in [5.74, 6) is -0.361. The van der Waals surface area contributed by atoms with Crippen molar-refractivity contribution in [3.05, 3.63) is 12.7 Å². The van der Waals surface area contributed by atoms with Gasteiger partial charge >= 0.3 is 5.97 Å². The number of hydrogen-bond donors (Lipinski definition) is 1. The number of hydrogen-bond acceptors (Lipinski definition) is 3. The Morgan fingerprint density at radius 2 is 2.42 bits per heavy atom. The maximum atomic E-state index is 11.3. The van der Waals surface area contributed by atoms with Gasteiger partial charge in [-0.25, -0.2) is 4.84 Å². The number of ether oxygens (including phenoxy) is 1. The Hall–Kier alpha value is -0.540. The van der Waals surface area contributed by atoms with Crippen LogP contribution in [0.3, 0.4) is 0 Å². The summed E-state index contributed by atoms with van der Waals surface area (Å²) in [4.78, 5) is 13.7. The van der Waals surface area contributed by atoms with E-state index >= 15 is 0 Å². The first kappa shape index (κ1) is 11.5. The van der Waals surface area contributed by atoms with Crippen molar-refractivity contribution in [2.24, 2.45) is 0 Å². The van der Waals surface area contributed by atoms with E-state index in [-0.39, 0.29) is 5.97 Å². The SMILES string of the molecule is C=CC[C@@](C)(NCl)C(=O)OCC. The fourth-order valence-electron chi connectivity index (χ4n) is 0.740. The van der Waals surface area contributed by atoms with Crippen molar-refractivity contribution in [2.75, 3.05) is 6.61 Å². The molecule has 0 saturated heterocycles. The molecular weight excluding hydrogens is 178 g/mol. The van der Waals surface area contributed by atoms with Gasteiger partial charge in [0.1, 0.15) is 5.54 Å². The number of nitrogens with one attached hydrogen (secondary N) is 1. The highest BCUT2D eigenvalue weighted by Crippen LogP contribution is 2.13. The van der Waals surface area contributed by atoms with Crippen LogP contribution in [0, 0.1) is 0 Å². The summed E-state index contributed by atoms with van der Waals surface area (Å²) >= 11 is 5.42. The van der Waals surface area contributed by atoms with Gasteiger partial charge in [0.15, 0.2) is 0 Å². The highest BCUT2D eigenvalue weighted by Gasteiger charge is 2.32. The normalized spacial score (nSPS) is 14.9. The predicted molar refractivity (Wildman–Crippen MR) is 48.8 cm³/mol. The van der Waals surface area contributed by atoms with Crippen molar-refractivity contribution in [1.82, 2.24) is 4.84 Å². The van der Waals surface area contributed by atoms with Gasteiger partial charge < -0.3 is 4.74 Å². The van der Waals surface area contributed by atoms with Crippen molar-refractivity contribution < 1.29 is 9.53 Å². The molecule has 0 aliphatic rings. The number of esters is 1. The molecule has 0 bridgehead atoms. The lowest BCUT2D eigenvalue weighted by Crippen LogP contribution is -2.45. The summed E-state index contributed by atoms with van der Waals surface area (Å²) < 4.78 is 4.82. The van der Waals surface area contributed by atoms with E-state index in [1.165, 1.54) is 0 Å². The van der Waals surface area contributed by atoms with E-state index in [0.717, 1.165) is 0 Å². The molecule has 0 aliphatic carbocycles. The molecule has 0 aromatic rings. The number of carbonyl (C=O) groups excluding carboxylic acids is 1. The Morgan fingerprint density at radius 1 is 1.83 bits per heavy atom. The second-order valence-electron chi connectivity index (χ2n) is 2.64. The zero-order valence-electron chi connectivity index (χ0n) is 7.39. The molecule has 1 N–H and O–H groups in total. The maximum Gasteiger partial charge on any atom is 0.327 e. The maximum absolute atomic E-state index is 11.3. The van der Waals surface area contributed by atoms with Gasteiger partial charge in [0.25, 0.3) is 0 Å². The van der Waals surface area contributed by atoms with Crippen molar-refractivity contribution in [3.63, 3.8) is 0 Å². The zero-order valence-corrected chi connectivity index (χ0v) is 8.15. The summed E-state index contributed by atoms with van der Waals surface area (Å²) in [5, 5.41) is 0. The molecule has 0 aromatic carbocycles. The van der Waals surface area contributed by atoms with Crippen molar-refractivity contribution in [3.8, 4) is 0 Å². The van der Waals surface area contributed by atoms with Crippen molar-refractivity contribution >= 4 is 17.7 Å². The molecule has 0 unspecified atom stereocenters. The van der Waals surface area contributed by atoms with E-state index in [4.69, 9.17) is 16.5 Å². The first-order valence-electron chi connectivity index (χ1n) is 3.76. The van der Waals surface area contributed by atoms with E-state index in [2.05, 4.69) is 11.4 Å². The van der Waals surface area contributed by atoms with Gasteiger partial charge in [-0.2, -0.15) is 0 Å². The average molecular weight is 192 g/mol. The Kier molecular flexibility index (Phi) is 4.93. The fraction of sp³-hybridized carbons (Fsp3) is 0.625. The standard InChI is InChI=1S/C8H14ClNO2/c1-4-6-8(3,10-9)7(11)12-5-2/h4,10H,1,5-6H2,2-3H3/t8-/m1/s1. The molecule has 0 aromatic heterocycles. The van der Waals surface area contributed by atoms with Crippen LogP contribution in [0.5, 0.6) is 0 Å². The molecule has 0 saturated carbocycles. The summed E-state index contributed by atoms with van der Waals surface area (Å²) in [5.41, 5.74) is -0.862. The van der Waals surface area contributed by atoms with Gasteiger partial charge in [0.2, 0.25) is 0 Å². The molecule has 0 spiro atoms. The summed E-state index contributed by atoms with van der Waals surface area (Å²) in [6.07, 6.45) is 2.06. The highest BCUT2D eigenvalue weighted by molar-refractivity contribution is 6.15. The molecule has 0 aliphatic heterocycles. The molecule has 0 amide bonds. The largest absolute Gasteiger partial charge is 0.465 e. The first-order valence-corrected chi connectivity index (χ1v) is 4.14. The Bertz CT molecular complexity index is 172. The zero-order chi connectivity index (χ0) is 9.61. The molecular formula is C8H14ClNO2. The smallest absolute Gasteiger partial charge is 0.327 e. The van der Waals surface area contributed by atoms with Crippen molar-refractivity contribution in [1.29, 1.82) is 0 Å². The van der Waals surface area contributed by atoms with Gasteiger partial charge in [0, 0.05) is 0 Å². The molecule has 0 radical (unpaired) electrons. The van der Waals surface area contributed by atoms with Gasteiger partial charge in [-0.3, -0.25) is 4.79 Å². The van der Waals surface area contributed by atoms with E-state index < -0.39 is 5.54 Å². The van der Waals surface area contributed by atoms with E-state index in [9.17, 15) is 4.79 Å². The minimum atomic E-state index is -0.862. The number of halogens is 1. The Morgan fingerprint density at radius 3 is 2.75 bits per heavy atom. The molecule has 0 fully saturated rings. The van der Waals surface area contributed by atoms with Crippen LogP contribution in [-0.2, 0) is 9.53 Å². The van der Waals surface area contributed by atoms with Crippen LogP contribution in [0.25, 0.3) is 0 Å². The lowest BCUT2D eigenvalue weighted by molar-refractivity contribution is -0.149. The lowest BCUT2D eigenvalue weighted by Gasteiger charge is -2.23. The second kappa shape index (κ2) is 5.17. The Balaban J connectivity index is 4.28. The molecule has 70 valence electrons. The van der Waals surface area contributed by atoms with Crippen LogP contribution in [-0.4, -0.2) is 18.1 Å². The van der Waals surface area contributed by atoms with Crippen LogP contribution >= 0.6 is 11.8 Å². The first-order chi connectivity index (χ1) is 5.60. The molecule has 12 heavy (non-hydrogen) atoms. The Labute approximate surface area is 77.8 Å². The minimum Gasteiger partial charge on any atom is -0.465 e. The van der Waals surface area contributed by atoms with Gasteiger partial charge in [-0.05, 0) is 32.0 Å². The number of rotatable bonds is 5. The lowest BCUT2D eigenvalue weighted by atomic mass is 10.00. The fourth-order valence-corrected chi connectivity index (χ4v) is 0.894. The minimum absolute atomic E-state index is 0.351. The van der Waals surface area contributed by atoms with Crippen LogP contribution < -0.4 is 4.84 Å². The van der Waals surface area contributed by atoms with Crippen LogP contribution in [0.1, 0.15) is 20.3 Å². The molecule has 3 nitrogen and oxygen atoms in total. The molecule has 0 rings (SSSR count). The van der Waals surface area contributed by atoms with Crippen molar-refractivity contribution in [2.45, 2.75) is 25.8 Å². The summed E-state index contributed by atoms with van der Waals surface area (Å²) in [6, 6.07) is 0. The van der Waals surface area contributed by atoms with E-state index in [1.807, 2.05) is 0 Å². The predicted octanol–water partition coefficient (Wildman–Crippen LogP) is 1.63.